The quantitative estimate of drug-likeness (QED) is 0.525. The van der Waals surface area contributed by atoms with Crippen LogP contribution in [-0.4, -0.2) is 18.2 Å². The van der Waals surface area contributed by atoms with Crippen molar-refractivity contribution in [2.45, 2.75) is 31.6 Å². The van der Waals surface area contributed by atoms with Gasteiger partial charge in [0.15, 0.2) is 5.78 Å². The van der Waals surface area contributed by atoms with Crippen LogP contribution in [0.1, 0.15) is 41.6 Å². The van der Waals surface area contributed by atoms with E-state index >= 15 is 0 Å². The fourth-order valence-corrected chi connectivity index (χ4v) is 2.50. The van der Waals surface area contributed by atoms with Gasteiger partial charge in [-0.05, 0) is 18.4 Å². The molecule has 2 rings (SSSR count). The monoisotopic (exact) mass is 279 g/mol. The smallest absolute Gasteiger partial charge is 0.230 e. The molecule has 1 amide bonds. The lowest BCUT2D eigenvalue weighted by Gasteiger charge is -2.18. The second-order valence-corrected chi connectivity index (χ2v) is 5.16. The van der Waals surface area contributed by atoms with Crippen LogP contribution >= 0.6 is 11.6 Å². The molecule has 1 N–H and O–H groups in total. The molecule has 1 heterocycles. The molecule has 1 fully saturated rings. The minimum Gasteiger partial charge on any atom is -0.355 e. The predicted molar refractivity (Wildman–Crippen MR) is 75.3 cm³/mol. The highest BCUT2D eigenvalue weighted by molar-refractivity contribution is 6.17. The van der Waals surface area contributed by atoms with E-state index in [1.807, 2.05) is 12.1 Å². The average Bonchev–Trinajstić information content (AvgIpc) is 2.43. The second kappa shape index (κ2) is 6.71. The summed E-state index contributed by atoms with van der Waals surface area (Å²) in [6.07, 6.45) is 3.64. The van der Waals surface area contributed by atoms with E-state index in [4.69, 9.17) is 11.6 Å². The SMILES string of the molecule is O=C1NCCCCCC1C(=O)c1ccc(CCl)cc1. The van der Waals surface area contributed by atoms with Crippen molar-refractivity contribution < 1.29 is 9.59 Å². The van der Waals surface area contributed by atoms with Crippen molar-refractivity contribution in [1.82, 2.24) is 5.32 Å². The molecule has 1 unspecified atom stereocenters. The number of ketones is 1. The van der Waals surface area contributed by atoms with Gasteiger partial charge in [-0.3, -0.25) is 9.59 Å². The lowest BCUT2D eigenvalue weighted by Crippen LogP contribution is -2.37. The highest BCUT2D eigenvalue weighted by Gasteiger charge is 2.27. The molecule has 1 aliphatic heterocycles. The summed E-state index contributed by atoms with van der Waals surface area (Å²) < 4.78 is 0. The van der Waals surface area contributed by atoms with Crippen LogP contribution in [-0.2, 0) is 10.7 Å². The van der Waals surface area contributed by atoms with Crippen molar-refractivity contribution in [3.05, 3.63) is 35.4 Å². The van der Waals surface area contributed by atoms with E-state index in [9.17, 15) is 9.59 Å². The minimum absolute atomic E-state index is 0.0828. The molecule has 19 heavy (non-hydrogen) atoms. The first-order valence-corrected chi connectivity index (χ1v) is 7.22. The first-order chi connectivity index (χ1) is 9.22. The summed E-state index contributed by atoms with van der Waals surface area (Å²) in [6.45, 7) is 0.674. The third kappa shape index (κ3) is 3.57. The summed E-state index contributed by atoms with van der Waals surface area (Å²) >= 11 is 5.72. The Morgan fingerprint density at radius 1 is 1.21 bits per heavy atom. The molecule has 3 nitrogen and oxygen atoms in total. The van der Waals surface area contributed by atoms with Gasteiger partial charge in [-0.2, -0.15) is 0 Å². The molecule has 1 atom stereocenters. The maximum atomic E-state index is 12.4. The average molecular weight is 280 g/mol. The van der Waals surface area contributed by atoms with Crippen LogP contribution in [0.4, 0.5) is 0 Å². The van der Waals surface area contributed by atoms with Gasteiger partial charge in [-0.15, -0.1) is 11.6 Å². The summed E-state index contributed by atoms with van der Waals surface area (Å²) in [4.78, 5) is 24.3. The van der Waals surface area contributed by atoms with Gasteiger partial charge in [-0.25, -0.2) is 0 Å². The largest absolute Gasteiger partial charge is 0.355 e. The molecule has 102 valence electrons. The van der Waals surface area contributed by atoms with Crippen LogP contribution < -0.4 is 5.32 Å². The van der Waals surface area contributed by atoms with Gasteiger partial charge in [0.2, 0.25) is 5.91 Å². The standard InChI is InChI=1S/C15H18ClNO2/c16-10-11-5-7-12(8-6-11)14(18)13-4-2-1-3-9-17-15(13)19/h5-8,13H,1-4,9-10H2,(H,17,19). The van der Waals surface area contributed by atoms with E-state index in [-0.39, 0.29) is 11.7 Å². The Morgan fingerprint density at radius 3 is 2.63 bits per heavy atom. The Hall–Kier alpha value is -1.35. The van der Waals surface area contributed by atoms with Crippen LogP contribution in [0, 0.1) is 5.92 Å². The van der Waals surface area contributed by atoms with Gasteiger partial charge in [0.1, 0.15) is 5.92 Å². The Bertz CT molecular complexity index is 456. The van der Waals surface area contributed by atoms with Gasteiger partial charge in [0.25, 0.3) is 0 Å². The molecule has 0 spiro atoms. The topological polar surface area (TPSA) is 46.2 Å². The number of benzene rings is 1. The first kappa shape index (κ1) is 14.1. The summed E-state index contributed by atoms with van der Waals surface area (Å²) in [6, 6.07) is 7.18. The van der Waals surface area contributed by atoms with Crippen LogP contribution in [0.25, 0.3) is 0 Å². The number of nitrogens with one attached hydrogen (secondary N) is 1. The number of Topliss-reactive ketones (excluding diaryl/α,β-unsaturated/α-hetero) is 1. The lowest BCUT2D eigenvalue weighted by molar-refractivity contribution is -0.124. The highest BCUT2D eigenvalue weighted by atomic mass is 35.5. The van der Waals surface area contributed by atoms with Crippen molar-refractivity contribution in [3.8, 4) is 0 Å². The third-order valence-electron chi connectivity index (χ3n) is 3.49. The number of halogens is 1. The van der Waals surface area contributed by atoms with Gasteiger partial charge >= 0.3 is 0 Å². The molecule has 1 saturated heterocycles. The summed E-state index contributed by atoms with van der Waals surface area (Å²) in [5.74, 6) is -0.327. The first-order valence-electron chi connectivity index (χ1n) is 6.69. The predicted octanol–water partition coefficient (Wildman–Crippen LogP) is 2.91. The molecule has 4 heteroatoms. The Labute approximate surface area is 118 Å². The summed E-state index contributed by atoms with van der Waals surface area (Å²) in [5, 5.41) is 2.83. The molecule has 0 radical (unpaired) electrons. The molecular formula is C15H18ClNO2. The minimum atomic E-state index is -0.540. The molecule has 0 aromatic heterocycles. The lowest BCUT2D eigenvalue weighted by atomic mass is 9.90. The molecule has 1 aromatic carbocycles. The zero-order chi connectivity index (χ0) is 13.7. The summed E-state index contributed by atoms with van der Waals surface area (Å²) in [5.41, 5.74) is 1.56. The number of amides is 1. The van der Waals surface area contributed by atoms with E-state index in [0.717, 1.165) is 24.8 Å². The van der Waals surface area contributed by atoms with E-state index in [2.05, 4.69) is 5.32 Å². The van der Waals surface area contributed by atoms with Crippen molar-refractivity contribution in [2.24, 2.45) is 5.92 Å². The normalized spacial score (nSPS) is 20.3. The maximum Gasteiger partial charge on any atom is 0.230 e. The third-order valence-corrected chi connectivity index (χ3v) is 3.80. The van der Waals surface area contributed by atoms with E-state index in [0.29, 0.717) is 24.4 Å². The Kier molecular flexibility index (Phi) is 4.97. The Morgan fingerprint density at radius 2 is 1.95 bits per heavy atom. The van der Waals surface area contributed by atoms with Crippen LogP contribution in [0.3, 0.4) is 0 Å². The van der Waals surface area contributed by atoms with Gasteiger partial charge < -0.3 is 5.32 Å². The zero-order valence-electron chi connectivity index (χ0n) is 10.8. The Balaban J connectivity index is 2.13. The molecule has 0 saturated carbocycles. The van der Waals surface area contributed by atoms with Crippen molar-refractivity contribution in [3.63, 3.8) is 0 Å². The van der Waals surface area contributed by atoms with E-state index < -0.39 is 5.92 Å². The molecule has 1 aromatic rings. The van der Waals surface area contributed by atoms with Crippen LogP contribution in [0.5, 0.6) is 0 Å². The van der Waals surface area contributed by atoms with Gasteiger partial charge in [0.05, 0.1) is 0 Å². The van der Waals surface area contributed by atoms with Crippen molar-refractivity contribution >= 4 is 23.3 Å². The highest BCUT2D eigenvalue weighted by Crippen LogP contribution is 2.19. The van der Waals surface area contributed by atoms with Crippen molar-refractivity contribution in [2.75, 3.05) is 6.54 Å². The molecule has 1 aliphatic rings. The fraction of sp³-hybridized carbons (Fsp3) is 0.467. The van der Waals surface area contributed by atoms with Crippen LogP contribution in [0.15, 0.2) is 24.3 Å². The van der Waals surface area contributed by atoms with E-state index in [1.54, 1.807) is 12.1 Å². The number of carbonyl (C=O) groups is 2. The van der Waals surface area contributed by atoms with E-state index in [1.165, 1.54) is 0 Å². The maximum absolute atomic E-state index is 12.4. The van der Waals surface area contributed by atoms with Gasteiger partial charge in [-0.1, -0.05) is 37.1 Å². The second-order valence-electron chi connectivity index (χ2n) is 4.89. The fourth-order valence-electron chi connectivity index (χ4n) is 2.33. The number of hydrogen-bond donors (Lipinski definition) is 1. The number of carbonyl (C=O) groups excluding carboxylic acids is 2. The van der Waals surface area contributed by atoms with Gasteiger partial charge in [0, 0.05) is 18.0 Å². The number of hydrogen-bond acceptors (Lipinski definition) is 2. The number of alkyl halides is 1. The zero-order valence-corrected chi connectivity index (χ0v) is 11.6. The van der Waals surface area contributed by atoms with Crippen LogP contribution in [0.2, 0.25) is 0 Å². The molecule has 0 aliphatic carbocycles. The van der Waals surface area contributed by atoms with Crippen molar-refractivity contribution in [1.29, 1.82) is 0 Å². The summed E-state index contributed by atoms with van der Waals surface area (Å²) in [7, 11) is 0. The molecule has 0 bridgehead atoms. The molecular weight excluding hydrogens is 262 g/mol. The number of rotatable bonds is 3.